The smallest absolute Gasteiger partial charge is 0.243 e. The van der Waals surface area contributed by atoms with E-state index in [1.165, 1.54) is 11.8 Å². The van der Waals surface area contributed by atoms with Crippen molar-refractivity contribution in [3.05, 3.63) is 23.5 Å². The zero-order chi connectivity index (χ0) is 15.8. The number of aryl methyl sites for hydroxylation is 1. The third-order valence-electron chi connectivity index (χ3n) is 3.55. The molecule has 116 valence electrons. The molecule has 1 amide bonds. The van der Waals surface area contributed by atoms with E-state index in [-0.39, 0.29) is 35.1 Å². The van der Waals surface area contributed by atoms with E-state index in [0.717, 1.165) is 16.4 Å². The minimum atomic E-state index is -3.87. The van der Waals surface area contributed by atoms with Crippen molar-refractivity contribution in [1.29, 1.82) is 0 Å². The van der Waals surface area contributed by atoms with E-state index in [0.29, 0.717) is 13.0 Å². The summed E-state index contributed by atoms with van der Waals surface area (Å²) in [7, 11) is -2.23. The van der Waals surface area contributed by atoms with Gasteiger partial charge >= 0.3 is 0 Å². The van der Waals surface area contributed by atoms with Gasteiger partial charge in [-0.3, -0.25) is 4.79 Å². The van der Waals surface area contributed by atoms with Crippen molar-refractivity contribution in [2.24, 2.45) is 0 Å². The Morgan fingerprint density at radius 1 is 1.29 bits per heavy atom. The van der Waals surface area contributed by atoms with Crippen molar-refractivity contribution in [2.45, 2.75) is 18.2 Å². The molecule has 0 aliphatic carbocycles. The van der Waals surface area contributed by atoms with Crippen molar-refractivity contribution < 1.29 is 17.6 Å². The van der Waals surface area contributed by atoms with Gasteiger partial charge < -0.3 is 10.6 Å². The molecule has 1 heterocycles. The van der Waals surface area contributed by atoms with Crippen LogP contribution in [0.15, 0.2) is 17.0 Å². The molecule has 1 fully saturated rings. The van der Waals surface area contributed by atoms with Crippen molar-refractivity contribution >= 4 is 21.6 Å². The van der Waals surface area contributed by atoms with Crippen LogP contribution >= 0.6 is 0 Å². The van der Waals surface area contributed by atoms with Gasteiger partial charge in [0.05, 0.1) is 17.1 Å². The number of carbonyl (C=O) groups excluding carboxylic acids is 1. The van der Waals surface area contributed by atoms with E-state index in [2.05, 4.69) is 0 Å². The van der Waals surface area contributed by atoms with E-state index >= 15 is 0 Å². The highest BCUT2D eigenvalue weighted by molar-refractivity contribution is 7.89. The van der Waals surface area contributed by atoms with Crippen LogP contribution in [-0.4, -0.2) is 50.2 Å². The fourth-order valence-corrected chi connectivity index (χ4v) is 3.92. The first-order valence-electron chi connectivity index (χ1n) is 6.53. The van der Waals surface area contributed by atoms with Gasteiger partial charge in [-0.1, -0.05) is 0 Å². The second-order valence-electron chi connectivity index (χ2n) is 5.15. The van der Waals surface area contributed by atoms with Crippen LogP contribution in [0, 0.1) is 12.7 Å². The number of amides is 1. The highest BCUT2D eigenvalue weighted by Crippen LogP contribution is 2.25. The molecule has 8 heteroatoms. The van der Waals surface area contributed by atoms with E-state index < -0.39 is 15.8 Å². The van der Waals surface area contributed by atoms with Crippen molar-refractivity contribution in [1.82, 2.24) is 9.21 Å². The number of hydrogen-bond donors (Lipinski definition) is 1. The maximum absolute atomic E-state index is 13.4. The molecule has 0 atom stereocenters. The molecule has 1 aliphatic rings. The maximum Gasteiger partial charge on any atom is 0.243 e. The number of hydrogen-bond acceptors (Lipinski definition) is 4. The summed E-state index contributed by atoms with van der Waals surface area (Å²) in [6.45, 7) is 2.04. The number of halogens is 1. The quantitative estimate of drug-likeness (QED) is 0.809. The number of anilines is 1. The molecule has 0 saturated carbocycles. The van der Waals surface area contributed by atoms with Crippen LogP contribution in [0.3, 0.4) is 0 Å². The minimum absolute atomic E-state index is 0.0567. The summed E-state index contributed by atoms with van der Waals surface area (Å²) in [6, 6.07) is 2.20. The summed E-state index contributed by atoms with van der Waals surface area (Å²) in [5.41, 5.74) is 5.51. The van der Waals surface area contributed by atoms with Crippen LogP contribution < -0.4 is 5.73 Å². The van der Waals surface area contributed by atoms with Crippen LogP contribution in [0.1, 0.15) is 12.0 Å². The molecule has 1 aromatic rings. The number of likely N-dealkylation sites (N-methyl/N-ethyl adjacent to an activating group) is 1. The van der Waals surface area contributed by atoms with Gasteiger partial charge in [-0.15, -0.1) is 0 Å². The summed E-state index contributed by atoms with van der Waals surface area (Å²) in [5.74, 6) is -0.915. The molecule has 2 N–H and O–H groups in total. The molecule has 1 saturated heterocycles. The van der Waals surface area contributed by atoms with Crippen LogP contribution in [0.25, 0.3) is 0 Å². The SMILES string of the molecule is Cc1cc(F)c(N)cc1S(=O)(=O)N1CCCN(C)C(=O)C1. The molecule has 0 unspecified atom stereocenters. The summed E-state index contributed by atoms with van der Waals surface area (Å²) < 4.78 is 39.8. The third-order valence-corrected chi connectivity index (χ3v) is 5.54. The van der Waals surface area contributed by atoms with Crippen LogP contribution in [0.5, 0.6) is 0 Å². The normalized spacial score (nSPS) is 17.9. The van der Waals surface area contributed by atoms with E-state index in [4.69, 9.17) is 5.73 Å². The molecule has 1 aromatic carbocycles. The number of nitrogens with two attached hydrogens (primary N) is 1. The van der Waals surface area contributed by atoms with Crippen molar-refractivity contribution in [3.8, 4) is 0 Å². The summed E-state index contributed by atoms with van der Waals surface area (Å²) in [6.07, 6.45) is 0.553. The lowest BCUT2D eigenvalue weighted by molar-refractivity contribution is -0.129. The monoisotopic (exact) mass is 315 g/mol. The highest BCUT2D eigenvalue weighted by Gasteiger charge is 2.31. The zero-order valence-electron chi connectivity index (χ0n) is 12.0. The first-order chi connectivity index (χ1) is 9.73. The predicted molar refractivity (Wildman–Crippen MR) is 76.6 cm³/mol. The van der Waals surface area contributed by atoms with E-state index in [9.17, 15) is 17.6 Å². The molecule has 2 rings (SSSR count). The largest absolute Gasteiger partial charge is 0.396 e. The Morgan fingerprint density at radius 3 is 2.62 bits per heavy atom. The first-order valence-corrected chi connectivity index (χ1v) is 7.97. The Bertz CT molecular complexity index is 675. The molecule has 6 nitrogen and oxygen atoms in total. The van der Waals surface area contributed by atoms with Gasteiger partial charge in [-0.05, 0) is 31.0 Å². The minimum Gasteiger partial charge on any atom is -0.396 e. The van der Waals surface area contributed by atoms with Gasteiger partial charge in [-0.2, -0.15) is 4.31 Å². The summed E-state index contributed by atoms with van der Waals surface area (Å²) >= 11 is 0. The Kier molecular flexibility index (Phi) is 4.20. The molecule has 0 radical (unpaired) electrons. The molecule has 1 aliphatic heterocycles. The second kappa shape index (κ2) is 5.61. The first kappa shape index (κ1) is 15.7. The Morgan fingerprint density at radius 2 is 1.95 bits per heavy atom. The van der Waals surface area contributed by atoms with Gasteiger partial charge in [-0.25, -0.2) is 12.8 Å². The van der Waals surface area contributed by atoms with Crippen LogP contribution in [0.2, 0.25) is 0 Å². The van der Waals surface area contributed by atoms with Crippen LogP contribution in [-0.2, 0) is 14.8 Å². The number of sulfonamides is 1. The average molecular weight is 315 g/mol. The van der Waals surface area contributed by atoms with Crippen molar-refractivity contribution in [2.75, 3.05) is 32.4 Å². The lowest BCUT2D eigenvalue weighted by Crippen LogP contribution is -2.38. The predicted octanol–water partition coefficient (Wildman–Crippen LogP) is 0.569. The standard InChI is InChI=1S/C13H18FN3O3S/c1-9-6-10(14)11(15)7-12(9)21(19,20)17-5-3-4-16(2)13(18)8-17/h6-7H,3-5,8,15H2,1-2H3. The summed E-state index contributed by atoms with van der Waals surface area (Å²) in [5, 5.41) is 0. The lowest BCUT2D eigenvalue weighted by Gasteiger charge is -2.21. The van der Waals surface area contributed by atoms with Gasteiger partial charge in [0.25, 0.3) is 0 Å². The maximum atomic E-state index is 13.4. The number of nitrogens with zero attached hydrogens (tertiary/aromatic N) is 2. The molecule has 0 bridgehead atoms. The topological polar surface area (TPSA) is 83.7 Å². The highest BCUT2D eigenvalue weighted by atomic mass is 32.2. The lowest BCUT2D eigenvalue weighted by atomic mass is 10.2. The third kappa shape index (κ3) is 3.01. The number of nitrogen functional groups attached to an aromatic ring is 1. The Hall–Kier alpha value is -1.67. The van der Waals surface area contributed by atoms with Gasteiger partial charge in [0.2, 0.25) is 15.9 Å². The fraction of sp³-hybridized carbons (Fsp3) is 0.462. The van der Waals surface area contributed by atoms with Crippen LogP contribution in [0.4, 0.5) is 10.1 Å². The zero-order valence-corrected chi connectivity index (χ0v) is 12.8. The average Bonchev–Trinajstić information content (AvgIpc) is 2.57. The molecular weight excluding hydrogens is 297 g/mol. The van der Waals surface area contributed by atoms with E-state index in [1.54, 1.807) is 7.05 Å². The van der Waals surface area contributed by atoms with Gasteiger partial charge in [0.1, 0.15) is 5.82 Å². The molecule has 0 aromatic heterocycles. The fourth-order valence-electron chi connectivity index (χ4n) is 2.25. The van der Waals surface area contributed by atoms with E-state index in [1.807, 2.05) is 0 Å². The van der Waals surface area contributed by atoms with Crippen molar-refractivity contribution in [3.63, 3.8) is 0 Å². The molecular formula is C13H18FN3O3S. The van der Waals surface area contributed by atoms with Gasteiger partial charge in [0.15, 0.2) is 0 Å². The molecule has 21 heavy (non-hydrogen) atoms. The second-order valence-corrected chi connectivity index (χ2v) is 7.05. The Balaban J connectivity index is 2.42. The number of rotatable bonds is 2. The summed E-state index contributed by atoms with van der Waals surface area (Å²) in [4.78, 5) is 13.3. The number of benzene rings is 1. The molecule has 0 spiro atoms. The Labute approximate surface area is 123 Å². The van der Waals surface area contributed by atoms with Gasteiger partial charge in [0, 0.05) is 20.1 Å². The number of carbonyl (C=O) groups is 1.